The second kappa shape index (κ2) is 4.79. The average Bonchev–Trinajstić information content (AvgIpc) is 2.61. The zero-order valence-corrected chi connectivity index (χ0v) is 10.7. The normalized spacial score (nSPS) is 11.6. The zero-order valence-electron chi connectivity index (χ0n) is 8.91. The first-order valence-corrected chi connectivity index (χ1v) is 8.40. The number of hydrogen-bond donors (Lipinski definition) is 1. The van der Waals surface area contributed by atoms with Gasteiger partial charge in [-0.1, -0.05) is 32.1 Å². The number of aromatic nitrogens is 1. The first kappa shape index (κ1) is 11.5. The van der Waals surface area contributed by atoms with E-state index in [1.54, 1.807) is 5.38 Å². The smallest absolute Gasteiger partial charge is 0.262 e. The molecule has 0 amide bonds. The molecule has 80 valence electrons. The van der Waals surface area contributed by atoms with Crippen LogP contribution in [0.3, 0.4) is 0 Å². The summed E-state index contributed by atoms with van der Waals surface area (Å²) < 4.78 is 5.96. The zero-order chi connectivity index (χ0) is 10.6. The minimum absolute atomic E-state index is 0.0659. The van der Waals surface area contributed by atoms with Crippen LogP contribution in [0.2, 0.25) is 18.1 Å². The fraction of sp³-hybridized carbons (Fsp3) is 0.667. The van der Waals surface area contributed by atoms with Crippen molar-refractivity contribution >= 4 is 19.7 Å². The van der Waals surface area contributed by atoms with Crippen LogP contribution in [0.5, 0.6) is 11.1 Å². The highest BCUT2D eigenvalue weighted by molar-refractivity contribution is 7.12. The number of nitrogens with zero attached hydrogens (tertiary/aromatic N) is 1. The van der Waals surface area contributed by atoms with Crippen LogP contribution in [-0.4, -0.2) is 18.4 Å². The highest BCUT2D eigenvalue weighted by atomic mass is 32.1. The van der Waals surface area contributed by atoms with Gasteiger partial charge in [-0.05, 0) is 18.1 Å². The lowest BCUT2D eigenvalue weighted by Gasteiger charge is -2.26. The molecule has 0 aromatic carbocycles. The second-order valence-electron chi connectivity index (χ2n) is 3.32. The number of rotatable bonds is 5. The molecular weight excluding hydrogens is 214 g/mol. The van der Waals surface area contributed by atoms with E-state index >= 15 is 0 Å². The molecule has 0 atom stereocenters. The van der Waals surface area contributed by atoms with Gasteiger partial charge in [0, 0.05) is 0 Å². The molecule has 1 N–H and O–H groups in total. The molecule has 0 fully saturated rings. The van der Waals surface area contributed by atoms with Crippen molar-refractivity contribution in [1.82, 2.24) is 4.98 Å². The molecule has 0 aliphatic rings. The standard InChI is InChI=1S/C9H17NO2SSi/c1-4-14(5-2,6-3)12-9-10-8(11)7-13-9/h7,11H,4-6H2,1-3H3. The lowest BCUT2D eigenvalue weighted by Crippen LogP contribution is -2.39. The third kappa shape index (κ3) is 2.48. The van der Waals surface area contributed by atoms with Crippen molar-refractivity contribution in [3.8, 4) is 11.1 Å². The molecule has 1 rings (SSSR count). The van der Waals surface area contributed by atoms with Gasteiger partial charge in [0.15, 0.2) is 0 Å². The Morgan fingerprint density at radius 2 is 1.93 bits per heavy atom. The molecule has 3 nitrogen and oxygen atoms in total. The van der Waals surface area contributed by atoms with Gasteiger partial charge in [-0.25, -0.2) is 0 Å². The quantitative estimate of drug-likeness (QED) is 0.791. The first-order chi connectivity index (χ1) is 6.65. The number of thiazole rings is 1. The molecule has 0 aliphatic carbocycles. The summed E-state index contributed by atoms with van der Waals surface area (Å²) in [6.07, 6.45) is 0. The molecule has 0 radical (unpaired) electrons. The molecule has 0 saturated heterocycles. The largest absolute Gasteiger partial charge is 0.523 e. The van der Waals surface area contributed by atoms with Gasteiger partial charge in [0.1, 0.15) is 0 Å². The molecule has 1 aromatic heterocycles. The third-order valence-electron chi connectivity index (χ3n) is 2.71. The molecule has 0 aliphatic heterocycles. The summed E-state index contributed by atoms with van der Waals surface area (Å²) in [7, 11) is -1.61. The monoisotopic (exact) mass is 231 g/mol. The maximum Gasteiger partial charge on any atom is 0.262 e. The Hall–Kier alpha value is -0.553. The van der Waals surface area contributed by atoms with Crippen molar-refractivity contribution in [2.24, 2.45) is 0 Å². The van der Waals surface area contributed by atoms with Crippen molar-refractivity contribution < 1.29 is 9.53 Å². The fourth-order valence-electron chi connectivity index (χ4n) is 1.45. The van der Waals surface area contributed by atoms with Gasteiger partial charge in [-0.2, -0.15) is 4.98 Å². The molecule has 14 heavy (non-hydrogen) atoms. The fourth-order valence-corrected chi connectivity index (χ4v) is 4.92. The molecule has 0 unspecified atom stereocenters. The molecule has 0 bridgehead atoms. The lowest BCUT2D eigenvalue weighted by molar-refractivity contribution is 0.445. The van der Waals surface area contributed by atoms with Gasteiger partial charge in [-0.3, -0.25) is 0 Å². The van der Waals surface area contributed by atoms with Crippen LogP contribution in [0, 0.1) is 0 Å². The summed E-state index contributed by atoms with van der Waals surface area (Å²) in [6, 6.07) is 3.29. The average molecular weight is 231 g/mol. The molecule has 5 heteroatoms. The predicted octanol–water partition coefficient (Wildman–Crippen LogP) is 3.23. The Morgan fingerprint density at radius 1 is 1.36 bits per heavy atom. The van der Waals surface area contributed by atoms with Gasteiger partial charge >= 0.3 is 0 Å². The Labute approximate surface area is 89.9 Å². The van der Waals surface area contributed by atoms with E-state index in [0.717, 1.165) is 18.1 Å². The number of aromatic hydroxyl groups is 1. The van der Waals surface area contributed by atoms with E-state index in [0.29, 0.717) is 5.19 Å². The summed E-state index contributed by atoms with van der Waals surface area (Å²) in [5, 5.41) is 11.3. The van der Waals surface area contributed by atoms with Crippen molar-refractivity contribution in [1.29, 1.82) is 0 Å². The third-order valence-corrected chi connectivity index (χ3v) is 8.05. The highest BCUT2D eigenvalue weighted by Gasteiger charge is 2.31. The minimum atomic E-state index is -1.61. The van der Waals surface area contributed by atoms with E-state index in [4.69, 9.17) is 9.53 Å². The van der Waals surface area contributed by atoms with E-state index in [1.165, 1.54) is 11.3 Å². The van der Waals surface area contributed by atoms with Crippen LogP contribution in [0.25, 0.3) is 0 Å². The Bertz CT molecular complexity index is 278. The van der Waals surface area contributed by atoms with Crippen LogP contribution < -0.4 is 4.43 Å². The molecular formula is C9H17NO2SSi. The Balaban J connectivity index is 2.73. The summed E-state index contributed by atoms with van der Waals surface area (Å²) in [5.41, 5.74) is 0. The van der Waals surface area contributed by atoms with E-state index in [1.807, 2.05) is 0 Å². The minimum Gasteiger partial charge on any atom is -0.523 e. The van der Waals surface area contributed by atoms with E-state index in [2.05, 4.69) is 25.8 Å². The molecule has 1 heterocycles. The topological polar surface area (TPSA) is 42.4 Å². The molecule has 1 aromatic rings. The van der Waals surface area contributed by atoms with E-state index in [-0.39, 0.29) is 5.88 Å². The SMILES string of the molecule is CC[Si](CC)(CC)Oc1nc(O)cs1. The van der Waals surface area contributed by atoms with Gasteiger partial charge in [0.05, 0.1) is 5.38 Å². The van der Waals surface area contributed by atoms with Crippen LogP contribution >= 0.6 is 11.3 Å². The van der Waals surface area contributed by atoms with Crippen molar-refractivity contribution in [2.75, 3.05) is 0 Å². The van der Waals surface area contributed by atoms with Crippen LogP contribution in [0.4, 0.5) is 0 Å². The van der Waals surface area contributed by atoms with Crippen molar-refractivity contribution in [2.45, 2.75) is 38.9 Å². The van der Waals surface area contributed by atoms with Crippen LogP contribution in [0.15, 0.2) is 5.38 Å². The van der Waals surface area contributed by atoms with Gasteiger partial charge < -0.3 is 9.53 Å². The summed E-state index contributed by atoms with van der Waals surface area (Å²) in [5.74, 6) is 0.0659. The van der Waals surface area contributed by atoms with Crippen LogP contribution in [0.1, 0.15) is 20.8 Å². The van der Waals surface area contributed by atoms with Crippen molar-refractivity contribution in [3.63, 3.8) is 0 Å². The van der Waals surface area contributed by atoms with Crippen LogP contribution in [-0.2, 0) is 0 Å². The maximum absolute atomic E-state index is 9.10. The Morgan fingerprint density at radius 3 is 2.29 bits per heavy atom. The Kier molecular flexibility index (Phi) is 3.94. The maximum atomic E-state index is 9.10. The highest BCUT2D eigenvalue weighted by Crippen LogP contribution is 2.29. The molecule has 0 saturated carbocycles. The summed E-state index contributed by atoms with van der Waals surface area (Å²) in [4.78, 5) is 3.93. The van der Waals surface area contributed by atoms with Gasteiger partial charge in [0.2, 0.25) is 5.88 Å². The molecule has 0 spiro atoms. The number of hydrogen-bond acceptors (Lipinski definition) is 4. The lowest BCUT2D eigenvalue weighted by atomic mass is 10.9. The summed E-state index contributed by atoms with van der Waals surface area (Å²) >= 11 is 1.37. The van der Waals surface area contributed by atoms with Gasteiger partial charge in [0.25, 0.3) is 13.5 Å². The summed E-state index contributed by atoms with van der Waals surface area (Å²) in [6.45, 7) is 6.52. The predicted molar refractivity (Wildman–Crippen MR) is 61.6 cm³/mol. The van der Waals surface area contributed by atoms with E-state index < -0.39 is 8.32 Å². The first-order valence-electron chi connectivity index (χ1n) is 4.99. The van der Waals surface area contributed by atoms with Crippen molar-refractivity contribution in [3.05, 3.63) is 5.38 Å². The van der Waals surface area contributed by atoms with E-state index in [9.17, 15) is 0 Å². The van der Waals surface area contributed by atoms with Gasteiger partial charge in [-0.15, -0.1) is 0 Å². The second-order valence-corrected chi connectivity index (χ2v) is 8.83.